The summed E-state index contributed by atoms with van der Waals surface area (Å²) in [5.74, 6) is -0.599. The van der Waals surface area contributed by atoms with Gasteiger partial charge in [0.05, 0.1) is 12.2 Å². The average Bonchev–Trinajstić information content (AvgIpc) is 2.45. The smallest absolute Gasteiger partial charge is 0.261 e. The molecule has 2 aromatic rings. The van der Waals surface area contributed by atoms with Gasteiger partial charge in [-0.3, -0.25) is 4.79 Å². The van der Waals surface area contributed by atoms with Gasteiger partial charge in [-0.15, -0.1) is 0 Å². The van der Waals surface area contributed by atoms with E-state index in [-0.39, 0.29) is 24.5 Å². The molecule has 0 aliphatic rings. The number of phenolic OH excluding ortho intramolecular Hbond substituents is 1. The summed E-state index contributed by atoms with van der Waals surface area (Å²) in [4.78, 5) is 11.9. The van der Waals surface area contributed by atoms with Gasteiger partial charge in [-0.25, -0.2) is 8.78 Å². The van der Waals surface area contributed by atoms with Crippen molar-refractivity contribution in [1.29, 1.82) is 0 Å². The van der Waals surface area contributed by atoms with Gasteiger partial charge in [0.25, 0.3) is 12.3 Å². The van der Waals surface area contributed by atoms with Crippen LogP contribution in [0.5, 0.6) is 5.75 Å². The maximum atomic E-state index is 11.9. The van der Waals surface area contributed by atoms with Crippen LogP contribution in [0.3, 0.4) is 0 Å². The first-order valence-corrected chi connectivity index (χ1v) is 6.44. The molecule has 0 radical (unpaired) electrons. The van der Waals surface area contributed by atoms with Crippen LogP contribution < -0.4 is 5.32 Å². The summed E-state index contributed by atoms with van der Waals surface area (Å²) in [6.45, 7) is -0.570. The molecule has 4 nitrogen and oxygen atoms in total. The number of hydrogen-bond donors (Lipinski definition) is 2. The minimum absolute atomic E-state index is 0.00950. The van der Waals surface area contributed by atoms with Gasteiger partial charge in [-0.1, -0.05) is 24.3 Å². The number of phenols is 1. The lowest BCUT2D eigenvalue weighted by molar-refractivity contribution is 0.0188. The molecule has 6 heteroatoms. The van der Waals surface area contributed by atoms with Gasteiger partial charge in [-0.2, -0.15) is 0 Å². The topological polar surface area (TPSA) is 58.6 Å². The van der Waals surface area contributed by atoms with E-state index in [9.17, 15) is 18.7 Å². The third-order valence-corrected chi connectivity index (χ3v) is 2.88. The number of carbonyl (C=O) groups is 1. The van der Waals surface area contributed by atoms with Crippen LogP contribution in [-0.4, -0.2) is 37.2 Å². The summed E-state index contributed by atoms with van der Waals surface area (Å²) in [6.07, 6.45) is -2.52. The number of hydrogen-bond acceptors (Lipinski definition) is 3. The Kier molecular flexibility index (Phi) is 5.05. The number of benzene rings is 2. The fourth-order valence-electron chi connectivity index (χ4n) is 1.91. The largest absolute Gasteiger partial charge is 0.507 e. The number of carbonyl (C=O) groups excluding carboxylic acids is 1. The van der Waals surface area contributed by atoms with Gasteiger partial charge in [-0.05, 0) is 22.9 Å². The average molecular weight is 295 g/mol. The third-order valence-electron chi connectivity index (χ3n) is 2.88. The highest BCUT2D eigenvalue weighted by Gasteiger charge is 2.12. The van der Waals surface area contributed by atoms with E-state index in [1.54, 1.807) is 6.07 Å². The molecule has 0 aromatic heterocycles. The summed E-state index contributed by atoms with van der Waals surface area (Å²) < 4.78 is 28.3. The number of fused-ring (bicyclic) bond motifs is 1. The molecule has 1 amide bonds. The summed E-state index contributed by atoms with van der Waals surface area (Å²) in [6, 6.07) is 10.4. The van der Waals surface area contributed by atoms with Crippen LogP contribution in [0.4, 0.5) is 8.78 Å². The first-order valence-electron chi connectivity index (χ1n) is 6.44. The lowest BCUT2D eigenvalue weighted by atomic mass is 10.1. The molecule has 0 bridgehead atoms. The fourth-order valence-corrected chi connectivity index (χ4v) is 1.91. The van der Waals surface area contributed by atoms with Crippen LogP contribution in [0.1, 0.15) is 10.4 Å². The highest BCUT2D eigenvalue weighted by molar-refractivity contribution is 6.01. The van der Waals surface area contributed by atoms with Crippen LogP contribution >= 0.6 is 0 Å². The van der Waals surface area contributed by atoms with Crippen LogP contribution in [0, 0.1) is 0 Å². The van der Waals surface area contributed by atoms with E-state index < -0.39 is 18.9 Å². The number of rotatable bonds is 6. The number of ether oxygens (including phenoxy) is 1. The molecular weight excluding hydrogens is 280 g/mol. The zero-order valence-electron chi connectivity index (χ0n) is 11.2. The first-order chi connectivity index (χ1) is 10.1. The highest BCUT2D eigenvalue weighted by atomic mass is 19.3. The van der Waals surface area contributed by atoms with E-state index in [1.165, 1.54) is 6.07 Å². The van der Waals surface area contributed by atoms with E-state index in [0.29, 0.717) is 0 Å². The van der Waals surface area contributed by atoms with Gasteiger partial charge < -0.3 is 15.2 Å². The molecule has 0 saturated heterocycles. The summed E-state index contributed by atoms with van der Waals surface area (Å²) in [7, 11) is 0. The number of aromatic hydroxyl groups is 1. The summed E-state index contributed by atoms with van der Waals surface area (Å²) >= 11 is 0. The number of alkyl halides is 2. The van der Waals surface area contributed by atoms with Crippen molar-refractivity contribution in [1.82, 2.24) is 5.32 Å². The Morgan fingerprint density at radius 3 is 2.57 bits per heavy atom. The van der Waals surface area contributed by atoms with Crippen molar-refractivity contribution in [2.24, 2.45) is 0 Å². The van der Waals surface area contributed by atoms with Crippen LogP contribution in [0.25, 0.3) is 10.8 Å². The molecule has 21 heavy (non-hydrogen) atoms. The second-order valence-electron chi connectivity index (χ2n) is 4.44. The van der Waals surface area contributed by atoms with Crippen molar-refractivity contribution in [2.75, 3.05) is 19.8 Å². The SMILES string of the molecule is O=C(NCCOCC(F)F)c1cc2ccccc2cc1O. The molecule has 0 heterocycles. The lowest BCUT2D eigenvalue weighted by Crippen LogP contribution is -2.27. The monoisotopic (exact) mass is 295 g/mol. The molecular formula is C15H15F2NO3. The molecule has 2 aromatic carbocycles. The van der Waals surface area contributed by atoms with E-state index in [4.69, 9.17) is 0 Å². The number of halogens is 2. The normalized spacial score (nSPS) is 11.0. The fraction of sp³-hybridized carbons (Fsp3) is 0.267. The quantitative estimate of drug-likeness (QED) is 0.805. The van der Waals surface area contributed by atoms with Crippen LogP contribution in [-0.2, 0) is 4.74 Å². The van der Waals surface area contributed by atoms with Gasteiger partial charge in [0.2, 0.25) is 0 Å². The maximum absolute atomic E-state index is 11.9. The number of amides is 1. The molecule has 2 N–H and O–H groups in total. The highest BCUT2D eigenvalue weighted by Crippen LogP contribution is 2.24. The Hall–Kier alpha value is -2.21. The summed E-state index contributed by atoms with van der Waals surface area (Å²) in [5, 5.41) is 14.0. The number of nitrogens with one attached hydrogen (secondary N) is 1. The van der Waals surface area contributed by atoms with Crippen LogP contribution in [0.15, 0.2) is 36.4 Å². The maximum Gasteiger partial charge on any atom is 0.261 e. The molecule has 0 aliphatic heterocycles. The summed E-state index contributed by atoms with van der Waals surface area (Å²) in [5.41, 5.74) is 0.141. The van der Waals surface area contributed by atoms with Crippen LogP contribution in [0.2, 0.25) is 0 Å². The molecule has 0 saturated carbocycles. The second kappa shape index (κ2) is 6.99. The second-order valence-corrected chi connectivity index (χ2v) is 4.44. The molecule has 0 spiro atoms. The minimum atomic E-state index is -2.52. The molecule has 0 fully saturated rings. The minimum Gasteiger partial charge on any atom is -0.507 e. The molecule has 0 atom stereocenters. The van der Waals surface area contributed by atoms with E-state index in [2.05, 4.69) is 10.1 Å². The Morgan fingerprint density at radius 2 is 1.90 bits per heavy atom. The zero-order valence-corrected chi connectivity index (χ0v) is 11.2. The lowest BCUT2D eigenvalue weighted by Gasteiger charge is -2.09. The van der Waals surface area contributed by atoms with Crippen molar-refractivity contribution in [3.8, 4) is 5.75 Å². The van der Waals surface area contributed by atoms with Crippen molar-refractivity contribution in [3.63, 3.8) is 0 Å². The molecule has 2 rings (SSSR count). The van der Waals surface area contributed by atoms with Crippen molar-refractivity contribution in [2.45, 2.75) is 6.43 Å². The van der Waals surface area contributed by atoms with Gasteiger partial charge in [0, 0.05) is 6.54 Å². The van der Waals surface area contributed by atoms with E-state index >= 15 is 0 Å². The van der Waals surface area contributed by atoms with Crippen molar-refractivity contribution >= 4 is 16.7 Å². The standard InChI is InChI=1S/C15H15F2NO3/c16-14(17)9-21-6-5-18-15(20)12-7-10-3-1-2-4-11(10)8-13(12)19/h1-4,7-8,14,19H,5-6,9H2,(H,18,20). The Balaban J connectivity index is 1.97. The van der Waals surface area contributed by atoms with E-state index in [1.807, 2.05) is 24.3 Å². The van der Waals surface area contributed by atoms with Gasteiger partial charge in [0.15, 0.2) is 0 Å². The van der Waals surface area contributed by atoms with E-state index in [0.717, 1.165) is 10.8 Å². The molecule has 112 valence electrons. The van der Waals surface area contributed by atoms with Gasteiger partial charge >= 0.3 is 0 Å². The Labute approximate surface area is 120 Å². The van der Waals surface area contributed by atoms with Gasteiger partial charge in [0.1, 0.15) is 12.4 Å². The first kappa shape index (κ1) is 15.2. The Bertz CT molecular complexity index is 631. The molecule has 0 unspecified atom stereocenters. The van der Waals surface area contributed by atoms with Crippen molar-refractivity contribution in [3.05, 3.63) is 42.0 Å². The predicted octanol–water partition coefficient (Wildman–Crippen LogP) is 2.56. The Morgan fingerprint density at radius 1 is 1.24 bits per heavy atom. The zero-order chi connectivity index (χ0) is 15.2. The molecule has 0 aliphatic carbocycles. The predicted molar refractivity (Wildman–Crippen MR) is 74.8 cm³/mol. The third kappa shape index (κ3) is 4.13. The van der Waals surface area contributed by atoms with Crippen molar-refractivity contribution < 1.29 is 23.4 Å².